The molecule has 1 saturated heterocycles. The fourth-order valence-electron chi connectivity index (χ4n) is 1.86. The first-order chi connectivity index (χ1) is 7.02. The van der Waals surface area contributed by atoms with Crippen LogP contribution in [0.1, 0.15) is 26.7 Å². The first kappa shape index (κ1) is 12.0. The topological polar surface area (TPSA) is 75.4 Å². The Hall–Kier alpha value is -1.10. The van der Waals surface area contributed by atoms with E-state index in [1.807, 2.05) is 0 Å². The first-order valence-corrected chi connectivity index (χ1v) is 5.33. The number of hydrogen-bond acceptors (Lipinski definition) is 3. The molecule has 0 spiro atoms. The average molecular weight is 213 g/mol. The maximum Gasteiger partial charge on any atom is 0.239 e. The van der Waals surface area contributed by atoms with E-state index in [1.54, 1.807) is 11.8 Å². The summed E-state index contributed by atoms with van der Waals surface area (Å²) in [6, 6.07) is -0.338. The van der Waals surface area contributed by atoms with E-state index in [4.69, 9.17) is 5.73 Å². The summed E-state index contributed by atoms with van der Waals surface area (Å²) in [5, 5.41) is 2.74. The van der Waals surface area contributed by atoms with Crippen molar-refractivity contribution in [2.75, 3.05) is 13.1 Å². The van der Waals surface area contributed by atoms with Gasteiger partial charge in [-0.2, -0.15) is 0 Å². The summed E-state index contributed by atoms with van der Waals surface area (Å²) in [6.45, 7) is 4.46. The Kier molecular flexibility index (Phi) is 4.08. The van der Waals surface area contributed by atoms with Crippen LogP contribution in [0.2, 0.25) is 0 Å². The highest BCUT2D eigenvalue weighted by Gasteiger charge is 2.29. The van der Waals surface area contributed by atoms with Gasteiger partial charge in [0.1, 0.15) is 0 Å². The molecule has 5 nitrogen and oxygen atoms in total. The molecule has 0 radical (unpaired) electrons. The lowest BCUT2D eigenvalue weighted by molar-refractivity contribution is -0.133. The number of rotatable bonds is 3. The molecular formula is C10H19N3O2. The Morgan fingerprint density at radius 1 is 1.60 bits per heavy atom. The number of carbonyl (C=O) groups is 2. The van der Waals surface area contributed by atoms with Crippen LogP contribution in [-0.4, -0.2) is 41.9 Å². The standard InChI is InChI=1S/C10H19N3O2/c1-7(11)10(15)13-5-3-4-9(13)6-12-8(2)14/h7,9H,3-6,11H2,1-2H3,(H,12,14). The Morgan fingerprint density at radius 2 is 2.27 bits per heavy atom. The lowest BCUT2D eigenvalue weighted by Crippen LogP contribution is -2.48. The van der Waals surface area contributed by atoms with E-state index in [-0.39, 0.29) is 17.9 Å². The Labute approximate surface area is 90.0 Å². The second-order valence-corrected chi connectivity index (χ2v) is 4.05. The average Bonchev–Trinajstić information content (AvgIpc) is 2.60. The highest BCUT2D eigenvalue weighted by Crippen LogP contribution is 2.17. The molecule has 1 fully saturated rings. The van der Waals surface area contributed by atoms with Crippen molar-refractivity contribution in [2.24, 2.45) is 5.73 Å². The summed E-state index contributed by atoms with van der Waals surface area (Å²) in [5.74, 6) is -0.0852. The Bertz CT molecular complexity index is 253. The number of hydrogen-bond donors (Lipinski definition) is 2. The Morgan fingerprint density at radius 3 is 2.80 bits per heavy atom. The largest absolute Gasteiger partial charge is 0.354 e. The molecule has 0 bridgehead atoms. The summed E-state index contributed by atoms with van der Waals surface area (Å²) in [6.07, 6.45) is 1.93. The minimum absolute atomic E-state index is 0.0251. The summed E-state index contributed by atoms with van der Waals surface area (Å²) in [7, 11) is 0. The third-order valence-corrected chi connectivity index (χ3v) is 2.64. The zero-order valence-electron chi connectivity index (χ0n) is 9.32. The van der Waals surface area contributed by atoms with Crippen LogP contribution in [0.15, 0.2) is 0 Å². The molecule has 1 aliphatic heterocycles. The predicted molar refractivity (Wildman–Crippen MR) is 57.1 cm³/mol. The SMILES string of the molecule is CC(=O)NCC1CCCN1C(=O)C(C)N. The monoisotopic (exact) mass is 213 g/mol. The van der Waals surface area contributed by atoms with Crippen LogP contribution >= 0.6 is 0 Å². The van der Waals surface area contributed by atoms with Crippen molar-refractivity contribution in [1.82, 2.24) is 10.2 Å². The highest BCUT2D eigenvalue weighted by molar-refractivity contribution is 5.82. The normalized spacial score (nSPS) is 22.6. The molecule has 3 N–H and O–H groups in total. The van der Waals surface area contributed by atoms with E-state index >= 15 is 0 Å². The van der Waals surface area contributed by atoms with Gasteiger partial charge in [-0.1, -0.05) is 0 Å². The number of nitrogens with zero attached hydrogens (tertiary/aromatic N) is 1. The molecule has 1 aliphatic rings. The van der Waals surface area contributed by atoms with Gasteiger partial charge in [0.15, 0.2) is 0 Å². The molecule has 2 amide bonds. The summed E-state index contributed by atoms with van der Waals surface area (Å²) in [5.41, 5.74) is 5.56. The molecule has 0 aromatic carbocycles. The van der Waals surface area contributed by atoms with Crippen LogP contribution in [0, 0.1) is 0 Å². The van der Waals surface area contributed by atoms with E-state index in [0.717, 1.165) is 19.4 Å². The second-order valence-electron chi connectivity index (χ2n) is 4.05. The zero-order chi connectivity index (χ0) is 11.4. The number of amides is 2. The van der Waals surface area contributed by atoms with Crippen LogP contribution in [0.4, 0.5) is 0 Å². The van der Waals surface area contributed by atoms with E-state index < -0.39 is 6.04 Å². The maximum absolute atomic E-state index is 11.7. The molecule has 0 saturated carbocycles. The van der Waals surface area contributed by atoms with Crippen molar-refractivity contribution in [2.45, 2.75) is 38.8 Å². The van der Waals surface area contributed by atoms with Gasteiger partial charge in [0.2, 0.25) is 11.8 Å². The van der Waals surface area contributed by atoms with Crippen LogP contribution in [0.25, 0.3) is 0 Å². The number of nitrogens with one attached hydrogen (secondary N) is 1. The van der Waals surface area contributed by atoms with E-state index in [9.17, 15) is 9.59 Å². The van der Waals surface area contributed by atoms with Crippen LogP contribution in [0.5, 0.6) is 0 Å². The third kappa shape index (κ3) is 3.20. The van der Waals surface area contributed by atoms with Crippen molar-refractivity contribution in [3.8, 4) is 0 Å². The lowest BCUT2D eigenvalue weighted by atomic mass is 10.2. The van der Waals surface area contributed by atoms with Gasteiger partial charge in [-0.3, -0.25) is 9.59 Å². The van der Waals surface area contributed by atoms with Gasteiger partial charge in [0.05, 0.1) is 6.04 Å². The third-order valence-electron chi connectivity index (χ3n) is 2.64. The summed E-state index contributed by atoms with van der Waals surface area (Å²) >= 11 is 0. The number of likely N-dealkylation sites (tertiary alicyclic amines) is 1. The van der Waals surface area contributed by atoms with Crippen molar-refractivity contribution in [1.29, 1.82) is 0 Å². The minimum Gasteiger partial charge on any atom is -0.354 e. The van der Waals surface area contributed by atoms with Gasteiger partial charge >= 0.3 is 0 Å². The Balaban J connectivity index is 2.49. The van der Waals surface area contributed by atoms with Gasteiger partial charge in [-0.25, -0.2) is 0 Å². The molecule has 1 heterocycles. The second kappa shape index (κ2) is 5.11. The minimum atomic E-state index is -0.456. The maximum atomic E-state index is 11.7. The quantitative estimate of drug-likeness (QED) is 0.661. The molecule has 2 unspecified atom stereocenters. The molecule has 0 aromatic heterocycles. The van der Waals surface area contributed by atoms with Gasteiger partial charge < -0.3 is 16.0 Å². The van der Waals surface area contributed by atoms with Crippen molar-refractivity contribution >= 4 is 11.8 Å². The van der Waals surface area contributed by atoms with Gasteiger partial charge in [-0.15, -0.1) is 0 Å². The molecule has 5 heteroatoms. The van der Waals surface area contributed by atoms with E-state index in [1.165, 1.54) is 6.92 Å². The van der Waals surface area contributed by atoms with E-state index in [0.29, 0.717) is 6.54 Å². The highest BCUT2D eigenvalue weighted by atomic mass is 16.2. The molecule has 2 atom stereocenters. The molecular weight excluding hydrogens is 194 g/mol. The van der Waals surface area contributed by atoms with Crippen molar-refractivity contribution in [3.05, 3.63) is 0 Å². The van der Waals surface area contributed by atoms with Gasteiger partial charge in [0, 0.05) is 26.1 Å². The van der Waals surface area contributed by atoms with Gasteiger partial charge in [0.25, 0.3) is 0 Å². The summed E-state index contributed by atoms with van der Waals surface area (Å²) in [4.78, 5) is 24.2. The van der Waals surface area contributed by atoms with Crippen molar-refractivity contribution < 1.29 is 9.59 Å². The van der Waals surface area contributed by atoms with E-state index in [2.05, 4.69) is 5.32 Å². The van der Waals surface area contributed by atoms with Crippen LogP contribution < -0.4 is 11.1 Å². The molecule has 0 aromatic rings. The fourth-order valence-corrected chi connectivity index (χ4v) is 1.86. The fraction of sp³-hybridized carbons (Fsp3) is 0.800. The number of nitrogens with two attached hydrogens (primary N) is 1. The van der Waals surface area contributed by atoms with Gasteiger partial charge in [-0.05, 0) is 19.8 Å². The number of carbonyl (C=O) groups excluding carboxylic acids is 2. The molecule has 0 aliphatic carbocycles. The zero-order valence-corrected chi connectivity index (χ0v) is 9.32. The summed E-state index contributed by atoms with van der Waals surface area (Å²) < 4.78 is 0. The van der Waals surface area contributed by atoms with Crippen LogP contribution in [-0.2, 0) is 9.59 Å². The first-order valence-electron chi connectivity index (χ1n) is 5.33. The molecule has 1 rings (SSSR count). The molecule has 86 valence electrons. The molecule has 15 heavy (non-hydrogen) atoms. The predicted octanol–water partition coefficient (Wildman–Crippen LogP) is -0.539. The van der Waals surface area contributed by atoms with Crippen LogP contribution in [0.3, 0.4) is 0 Å². The van der Waals surface area contributed by atoms with Crippen molar-refractivity contribution in [3.63, 3.8) is 0 Å². The lowest BCUT2D eigenvalue weighted by Gasteiger charge is -2.26. The smallest absolute Gasteiger partial charge is 0.239 e.